The van der Waals surface area contributed by atoms with E-state index >= 15 is 0 Å². The summed E-state index contributed by atoms with van der Waals surface area (Å²) in [5, 5.41) is 0. The second kappa shape index (κ2) is 69.3. The monoisotopic (exact) mass is 1140 g/mol. The van der Waals surface area contributed by atoms with Crippen molar-refractivity contribution in [2.24, 2.45) is 0 Å². The first kappa shape index (κ1) is 77.8. The van der Waals surface area contributed by atoms with E-state index < -0.39 is 6.10 Å². The van der Waals surface area contributed by atoms with Gasteiger partial charge in [-0.3, -0.25) is 14.4 Å². The quantitative estimate of drug-likeness (QED) is 0.0261. The molecule has 6 heteroatoms. The SMILES string of the molecule is CC/C=C\C/C=C\C/C=C\C/C=C\C/C=C\C/C=C\C/C=C\CCCCCCCCCCCCCCCC(=O)OCC(COC(=O)CCCCCCC/C=C\C/C=C\CCC)OC(=O)CCC/C=C\C/C=C\C/C=C\C/C=C\C/C=C\CC. The van der Waals surface area contributed by atoms with Crippen molar-refractivity contribution in [3.63, 3.8) is 0 Å². The number of hydrogen-bond donors (Lipinski definition) is 0. The molecular formula is C77H122O6. The second-order valence-corrected chi connectivity index (χ2v) is 21.6. The Hall–Kier alpha value is -5.23. The maximum atomic E-state index is 12.9. The summed E-state index contributed by atoms with van der Waals surface area (Å²) in [6.07, 6.45) is 102. The minimum absolute atomic E-state index is 0.111. The fourth-order valence-electron chi connectivity index (χ4n) is 8.73. The van der Waals surface area contributed by atoms with E-state index in [2.05, 4.69) is 191 Å². The standard InChI is InChI=1S/C77H122O6/c1-4-7-10-13-16-19-22-25-27-29-30-31-32-33-34-35-36-37-38-39-40-41-42-43-44-45-46-48-49-52-55-58-61-64-67-70-76(79)82-73-74(72-81-75(78)69-66-63-60-57-54-51-24-21-18-15-12-9-6-3)83-77(80)71-68-65-62-59-56-53-50-47-28-26-23-20-17-14-11-8-5-2/h7-8,10-12,15-17,19-21,24-28,30-31,33-34,36-37,39-40,50,53,59,62,74H,4-6,9,13-14,18,22-23,29,32,35,38,41-49,51-52,54-58,60-61,63-73H2,1-3H3/b10-7-,11-8-,15-12-,19-16-,20-17-,24-21-,27-25-,28-26-,31-30-,34-33-,37-36-,40-39-,53-50-,62-59-. The number of carbonyl (C=O) groups excluding carboxylic acids is 3. The molecule has 0 aliphatic carbocycles. The van der Waals surface area contributed by atoms with Gasteiger partial charge in [-0.1, -0.05) is 287 Å². The van der Waals surface area contributed by atoms with Crippen LogP contribution in [0.25, 0.3) is 0 Å². The predicted octanol–water partition coefficient (Wildman–Crippen LogP) is 23.4. The van der Waals surface area contributed by atoms with Crippen LogP contribution < -0.4 is 0 Å². The molecule has 0 aromatic rings. The number of ether oxygens (including phenoxy) is 3. The molecule has 0 aromatic heterocycles. The predicted molar refractivity (Wildman–Crippen MR) is 361 cm³/mol. The number of rotatable bonds is 59. The highest BCUT2D eigenvalue weighted by Gasteiger charge is 2.19. The highest BCUT2D eigenvalue weighted by Crippen LogP contribution is 2.15. The van der Waals surface area contributed by atoms with Crippen molar-refractivity contribution >= 4 is 17.9 Å². The Bertz CT molecular complexity index is 1890. The van der Waals surface area contributed by atoms with E-state index in [1.165, 1.54) is 77.0 Å². The molecule has 466 valence electrons. The lowest BCUT2D eigenvalue weighted by atomic mass is 10.0. The third kappa shape index (κ3) is 67.4. The van der Waals surface area contributed by atoms with E-state index in [1.54, 1.807) is 0 Å². The average Bonchev–Trinajstić information content (AvgIpc) is 3.49. The molecule has 0 aromatic carbocycles. The number of allylic oxidation sites excluding steroid dienone is 28. The van der Waals surface area contributed by atoms with Gasteiger partial charge in [0.25, 0.3) is 0 Å². The molecule has 0 bridgehead atoms. The van der Waals surface area contributed by atoms with Crippen LogP contribution in [-0.2, 0) is 28.6 Å². The normalized spacial score (nSPS) is 13.2. The van der Waals surface area contributed by atoms with Crippen LogP contribution in [0.15, 0.2) is 170 Å². The summed E-state index contributed by atoms with van der Waals surface area (Å²) in [4.78, 5) is 38.3. The Balaban J connectivity index is 4.28. The van der Waals surface area contributed by atoms with Gasteiger partial charge in [-0.2, -0.15) is 0 Å². The Morgan fingerprint density at radius 1 is 0.253 bits per heavy atom. The van der Waals surface area contributed by atoms with Gasteiger partial charge in [-0.25, -0.2) is 0 Å². The van der Waals surface area contributed by atoms with Gasteiger partial charge in [0, 0.05) is 19.3 Å². The lowest BCUT2D eigenvalue weighted by Gasteiger charge is -2.18. The molecular weight excluding hydrogens is 1020 g/mol. The van der Waals surface area contributed by atoms with E-state index in [-0.39, 0.29) is 37.5 Å². The van der Waals surface area contributed by atoms with Gasteiger partial charge in [-0.15, -0.1) is 0 Å². The largest absolute Gasteiger partial charge is 0.462 e. The molecule has 6 nitrogen and oxygen atoms in total. The van der Waals surface area contributed by atoms with Gasteiger partial charge in [0.15, 0.2) is 6.10 Å². The van der Waals surface area contributed by atoms with Crippen molar-refractivity contribution in [1.82, 2.24) is 0 Å². The number of esters is 3. The van der Waals surface area contributed by atoms with E-state index in [0.29, 0.717) is 19.3 Å². The minimum Gasteiger partial charge on any atom is -0.462 e. The summed E-state index contributed by atoms with van der Waals surface area (Å²) in [7, 11) is 0. The second-order valence-electron chi connectivity index (χ2n) is 21.6. The highest BCUT2D eigenvalue weighted by atomic mass is 16.6. The smallest absolute Gasteiger partial charge is 0.306 e. The first-order valence-electron chi connectivity index (χ1n) is 33.6. The molecule has 0 radical (unpaired) electrons. The molecule has 0 fully saturated rings. The van der Waals surface area contributed by atoms with E-state index in [4.69, 9.17) is 14.2 Å². The van der Waals surface area contributed by atoms with Crippen molar-refractivity contribution in [3.05, 3.63) is 170 Å². The van der Waals surface area contributed by atoms with Gasteiger partial charge >= 0.3 is 17.9 Å². The van der Waals surface area contributed by atoms with E-state index in [9.17, 15) is 14.4 Å². The maximum absolute atomic E-state index is 12.9. The first-order valence-corrected chi connectivity index (χ1v) is 33.6. The van der Waals surface area contributed by atoms with Gasteiger partial charge in [0.2, 0.25) is 0 Å². The molecule has 0 amide bonds. The molecule has 0 N–H and O–H groups in total. The van der Waals surface area contributed by atoms with Gasteiger partial charge in [-0.05, 0) is 141 Å². The van der Waals surface area contributed by atoms with Crippen molar-refractivity contribution in [1.29, 1.82) is 0 Å². The van der Waals surface area contributed by atoms with Crippen LogP contribution in [0.3, 0.4) is 0 Å². The summed E-state index contributed by atoms with van der Waals surface area (Å²) in [6, 6.07) is 0. The molecule has 0 rings (SSSR count). The number of carbonyl (C=O) groups is 3. The lowest BCUT2D eigenvalue weighted by Crippen LogP contribution is -2.30. The van der Waals surface area contributed by atoms with Crippen LogP contribution >= 0.6 is 0 Å². The van der Waals surface area contributed by atoms with Crippen LogP contribution in [0.2, 0.25) is 0 Å². The summed E-state index contributed by atoms with van der Waals surface area (Å²) in [5.74, 6) is -0.989. The lowest BCUT2D eigenvalue weighted by molar-refractivity contribution is -0.167. The fourth-order valence-corrected chi connectivity index (χ4v) is 8.73. The Morgan fingerprint density at radius 3 is 0.771 bits per heavy atom. The van der Waals surface area contributed by atoms with E-state index in [0.717, 1.165) is 154 Å². The van der Waals surface area contributed by atoms with E-state index in [1.807, 2.05) is 0 Å². The zero-order valence-electron chi connectivity index (χ0n) is 53.4. The molecule has 1 unspecified atom stereocenters. The summed E-state index contributed by atoms with van der Waals surface area (Å²) >= 11 is 0. The third-order valence-electron chi connectivity index (χ3n) is 13.7. The minimum atomic E-state index is -0.822. The van der Waals surface area contributed by atoms with Gasteiger partial charge in [0.05, 0.1) is 0 Å². The fraction of sp³-hybridized carbons (Fsp3) is 0.597. The zero-order chi connectivity index (χ0) is 59.9. The van der Waals surface area contributed by atoms with Crippen molar-refractivity contribution in [2.45, 2.75) is 284 Å². The molecule has 1 atom stereocenters. The topological polar surface area (TPSA) is 78.9 Å². The molecule has 0 saturated carbocycles. The van der Waals surface area contributed by atoms with Crippen LogP contribution in [-0.4, -0.2) is 37.2 Å². The molecule has 0 aliphatic heterocycles. The summed E-state index contributed by atoms with van der Waals surface area (Å²) < 4.78 is 16.8. The van der Waals surface area contributed by atoms with Gasteiger partial charge < -0.3 is 14.2 Å². The Labute approximate surface area is 511 Å². The zero-order valence-corrected chi connectivity index (χ0v) is 53.4. The summed E-state index contributed by atoms with van der Waals surface area (Å²) in [6.45, 7) is 6.28. The number of unbranched alkanes of at least 4 members (excludes halogenated alkanes) is 20. The third-order valence-corrected chi connectivity index (χ3v) is 13.7. The van der Waals surface area contributed by atoms with Crippen molar-refractivity contribution < 1.29 is 28.6 Å². The molecule has 83 heavy (non-hydrogen) atoms. The highest BCUT2D eigenvalue weighted by molar-refractivity contribution is 5.71. The Morgan fingerprint density at radius 2 is 0.482 bits per heavy atom. The average molecular weight is 1140 g/mol. The van der Waals surface area contributed by atoms with Crippen LogP contribution in [0, 0.1) is 0 Å². The molecule has 0 spiro atoms. The van der Waals surface area contributed by atoms with Crippen molar-refractivity contribution in [2.75, 3.05) is 13.2 Å². The van der Waals surface area contributed by atoms with Crippen LogP contribution in [0.4, 0.5) is 0 Å². The first-order chi connectivity index (χ1) is 41.0. The Kier molecular flexibility index (Phi) is 64.9. The van der Waals surface area contributed by atoms with Crippen molar-refractivity contribution in [3.8, 4) is 0 Å². The number of hydrogen-bond acceptors (Lipinski definition) is 6. The molecule has 0 aliphatic rings. The molecule has 0 saturated heterocycles. The molecule has 0 heterocycles. The van der Waals surface area contributed by atoms with Crippen LogP contribution in [0.5, 0.6) is 0 Å². The van der Waals surface area contributed by atoms with Crippen LogP contribution in [0.1, 0.15) is 278 Å². The summed E-state index contributed by atoms with van der Waals surface area (Å²) in [5.41, 5.74) is 0. The maximum Gasteiger partial charge on any atom is 0.306 e. The van der Waals surface area contributed by atoms with Gasteiger partial charge in [0.1, 0.15) is 13.2 Å².